The van der Waals surface area contributed by atoms with E-state index in [1.54, 1.807) is 0 Å². The molecule has 2 unspecified atom stereocenters. The van der Waals surface area contributed by atoms with Crippen molar-refractivity contribution in [1.82, 2.24) is 0 Å². The fourth-order valence-corrected chi connectivity index (χ4v) is 1.51. The molecule has 1 N–H and O–H groups in total. The Bertz CT molecular complexity index is 289. The van der Waals surface area contributed by atoms with E-state index in [1.165, 1.54) is 16.7 Å². The first-order valence-electron chi connectivity index (χ1n) is 4.77. The number of aliphatic hydroxyl groups is 1. The monoisotopic (exact) mass is 178 g/mol. The zero-order valence-electron chi connectivity index (χ0n) is 8.83. The minimum absolute atomic E-state index is 0.222. The molecule has 2 atom stereocenters. The van der Waals surface area contributed by atoms with Crippen molar-refractivity contribution in [2.45, 2.75) is 39.7 Å². The summed E-state index contributed by atoms with van der Waals surface area (Å²) in [6.07, 6.45) is -0.277. The summed E-state index contributed by atoms with van der Waals surface area (Å²) < 4.78 is 0. The van der Waals surface area contributed by atoms with E-state index in [0.717, 1.165) is 0 Å². The standard InChI is InChI=1S/C12H18O/c1-8-5-6-9(2)12(7-8)10(3)11(4)13/h5-7,10-11,13H,1-4H3. The lowest BCUT2D eigenvalue weighted by Crippen LogP contribution is -2.12. The minimum atomic E-state index is -0.277. The Morgan fingerprint density at radius 3 is 2.31 bits per heavy atom. The van der Waals surface area contributed by atoms with Crippen molar-refractivity contribution < 1.29 is 5.11 Å². The highest BCUT2D eigenvalue weighted by molar-refractivity contribution is 5.33. The van der Waals surface area contributed by atoms with E-state index in [9.17, 15) is 5.11 Å². The molecule has 0 amide bonds. The molecule has 1 nitrogen and oxygen atoms in total. The van der Waals surface area contributed by atoms with Crippen molar-refractivity contribution in [2.24, 2.45) is 0 Å². The summed E-state index contributed by atoms with van der Waals surface area (Å²) in [7, 11) is 0. The van der Waals surface area contributed by atoms with Crippen molar-refractivity contribution in [1.29, 1.82) is 0 Å². The van der Waals surface area contributed by atoms with E-state index < -0.39 is 0 Å². The summed E-state index contributed by atoms with van der Waals surface area (Å²) in [5.41, 5.74) is 3.78. The zero-order chi connectivity index (χ0) is 10.0. The van der Waals surface area contributed by atoms with Crippen LogP contribution >= 0.6 is 0 Å². The molecular formula is C12H18O. The number of benzene rings is 1. The van der Waals surface area contributed by atoms with Crippen LogP contribution < -0.4 is 0 Å². The Balaban J connectivity index is 3.05. The first-order valence-corrected chi connectivity index (χ1v) is 4.77. The van der Waals surface area contributed by atoms with Gasteiger partial charge < -0.3 is 5.11 Å². The Morgan fingerprint density at radius 2 is 1.77 bits per heavy atom. The van der Waals surface area contributed by atoms with Crippen molar-refractivity contribution in [2.75, 3.05) is 0 Å². The van der Waals surface area contributed by atoms with Gasteiger partial charge in [0.05, 0.1) is 6.10 Å². The maximum absolute atomic E-state index is 9.49. The first-order chi connectivity index (χ1) is 6.02. The second kappa shape index (κ2) is 3.93. The van der Waals surface area contributed by atoms with Crippen LogP contribution in [-0.4, -0.2) is 11.2 Å². The quantitative estimate of drug-likeness (QED) is 0.738. The van der Waals surface area contributed by atoms with E-state index in [1.807, 2.05) is 6.92 Å². The predicted molar refractivity (Wildman–Crippen MR) is 56.0 cm³/mol. The molecule has 1 aromatic carbocycles. The van der Waals surface area contributed by atoms with E-state index in [2.05, 4.69) is 39.0 Å². The fraction of sp³-hybridized carbons (Fsp3) is 0.500. The lowest BCUT2D eigenvalue weighted by molar-refractivity contribution is 0.168. The van der Waals surface area contributed by atoms with Crippen molar-refractivity contribution in [3.8, 4) is 0 Å². The van der Waals surface area contributed by atoms with Gasteiger partial charge in [-0.2, -0.15) is 0 Å². The second-order valence-corrected chi connectivity index (χ2v) is 3.89. The predicted octanol–water partition coefficient (Wildman–Crippen LogP) is 2.79. The van der Waals surface area contributed by atoms with Crippen LogP contribution in [0.15, 0.2) is 18.2 Å². The third kappa shape index (κ3) is 2.31. The number of hydrogen-bond donors (Lipinski definition) is 1. The lowest BCUT2D eigenvalue weighted by Gasteiger charge is -2.17. The number of aryl methyl sites for hydroxylation is 2. The summed E-state index contributed by atoms with van der Waals surface area (Å²) in [6, 6.07) is 6.38. The van der Waals surface area contributed by atoms with Crippen LogP contribution in [0.25, 0.3) is 0 Å². The molecule has 0 saturated heterocycles. The Morgan fingerprint density at radius 1 is 1.15 bits per heavy atom. The average molecular weight is 178 g/mol. The first kappa shape index (κ1) is 10.3. The summed E-state index contributed by atoms with van der Waals surface area (Å²) in [5.74, 6) is 0.222. The summed E-state index contributed by atoms with van der Waals surface area (Å²) in [6.45, 7) is 8.07. The molecule has 1 heteroatoms. The highest BCUT2D eigenvalue weighted by Gasteiger charge is 2.13. The third-order valence-electron chi connectivity index (χ3n) is 2.65. The molecule has 0 bridgehead atoms. The van der Waals surface area contributed by atoms with Gasteiger partial charge in [-0.15, -0.1) is 0 Å². The van der Waals surface area contributed by atoms with Crippen LogP contribution in [-0.2, 0) is 0 Å². The molecular weight excluding hydrogens is 160 g/mol. The third-order valence-corrected chi connectivity index (χ3v) is 2.65. The van der Waals surface area contributed by atoms with E-state index in [4.69, 9.17) is 0 Å². The van der Waals surface area contributed by atoms with Gasteiger partial charge in [-0.05, 0) is 31.9 Å². The van der Waals surface area contributed by atoms with Gasteiger partial charge in [0, 0.05) is 5.92 Å². The molecule has 0 fully saturated rings. The molecule has 1 aromatic rings. The SMILES string of the molecule is Cc1ccc(C)c(C(C)C(C)O)c1. The van der Waals surface area contributed by atoms with Gasteiger partial charge in [0.1, 0.15) is 0 Å². The van der Waals surface area contributed by atoms with Gasteiger partial charge in [0.25, 0.3) is 0 Å². The number of hydrogen-bond acceptors (Lipinski definition) is 1. The van der Waals surface area contributed by atoms with Gasteiger partial charge in [-0.1, -0.05) is 30.7 Å². The topological polar surface area (TPSA) is 20.2 Å². The van der Waals surface area contributed by atoms with Crippen LogP contribution in [0.1, 0.15) is 36.5 Å². The molecule has 72 valence electrons. The zero-order valence-corrected chi connectivity index (χ0v) is 8.83. The van der Waals surface area contributed by atoms with E-state index in [-0.39, 0.29) is 12.0 Å². The van der Waals surface area contributed by atoms with Crippen molar-refractivity contribution in [3.63, 3.8) is 0 Å². The van der Waals surface area contributed by atoms with Crippen LogP contribution in [0.2, 0.25) is 0 Å². The second-order valence-electron chi connectivity index (χ2n) is 3.89. The molecule has 13 heavy (non-hydrogen) atoms. The van der Waals surface area contributed by atoms with Gasteiger partial charge in [0.2, 0.25) is 0 Å². The van der Waals surface area contributed by atoms with E-state index in [0.29, 0.717) is 0 Å². The molecule has 0 aliphatic rings. The largest absolute Gasteiger partial charge is 0.393 e. The molecule has 0 radical (unpaired) electrons. The number of aliphatic hydroxyl groups excluding tert-OH is 1. The Hall–Kier alpha value is -0.820. The molecule has 1 rings (SSSR count). The normalized spacial score (nSPS) is 15.5. The Kier molecular flexibility index (Phi) is 3.10. The molecule has 0 saturated carbocycles. The highest BCUT2D eigenvalue weighted by Crippen LogP contribution is 2.23. The average Bonchev–Trinajstić information content (AvgIpc) is 2.08. The van der Waals surface area contributed by atoms with Crippen molar-refractivity contribution in [3.05, 3.63) is 34.9 Å². The maximum Gasteiger partial charge on any atom is 0.0578 e. The maximum atomic E-state index is 9.49. The molecule has 0 heterocycles. The van der Waals surface area contributed by atoms with Gasteiger partial charge in [-0.3, -0.25) is 0 Å². The van der Waals surface area contributed by atoms with Crippen LogP contribution in [0.3, 0.4) is 0 Å². The van der Waals surface area contributed by atoms with Gasteiger partial charge >= 0.3 is 0 Å². The lowest BCUT2D eigenvalue weighted by atomic mass is 9.91. The van der Waals surface area contributed by atoms with Crippen LogP contribution in [0.5, 0.6) is 0 Å². The number of rotatable bonds is 2. The van der Waals surface area contributed by atoms with Gasteiger partial charge in [-0.25, -0.2) is 0 Å². The molecule has 0 aliphatic heterocycles. The molecule has 0 aromatic heterocycles. The fourth-order valence-electron chi connectivity index (χ4n) is 1.51. The van der Waals surface area contributed by atoms with Crippen LogP contribution in [0, 0.1) is 13.8 Å². The van der Waals surface area contributed by atoms with Crippen molar-refractivity contribution >= 4 is 0 Å². The summed E-state index contributed by atoms with van der Waals surface area (Å²) in [4.78, 5) is 0. The molecule has 0 aliphatic carbocycles. The highest BCUT2D eigenvalue weighted by atomic mass is 16.3. The summed E-state index contributed by atoms with van der Waals surface area (Å²) in [5, 5.41) is 9.49. The molecule has 0 spiro atoms. The smallest absolute Gasteiger partial charge is 0.0578 e. The van der Waals surface area contributed by atoms with Crippen LogP contribution in [0.4, 0.5) is 0 Å². The van der Waals surface area contributed by atoms with E-state index >= 15 is 0 Å². The van der Waals surface area contributed by atoms with Gasteiger partial charge in [0.15, 0.2) is 0 Å². The summed E-state index contributed by atoms with van der Waals surface area (Å²) >= 11 is 0. The minimum Gasteiger partial charge on any atom is -0.393 e. The Labute approximate surface area is 80.4 Å².